The van der Waals surface area contributed by atoms with Gasteiger partial charge in [-0.05, 0) is 11.8 Å². The van der Waals surface area contributed by atoms with Gasteiger partial charge in [0.25, 0.3) is 11.1 Å². The summed E-state index contributed by atoms with van der Waals surface area (Å²) in [4.78, 5) is 33.8. The molecule has 2 aliphatic rings. The molecule has 112 valence electrons. The SMILES string of the molecule is C=CCN1C(=O)SC(=C2Sc3nc(C#N)c(C#N)nc3S2)C1=O. The minimum absolute atomic E-state index is 0.0552. The minimum atomic E-state index is -0.385. The smallest absolute Gasteiger partial charge is 0.268 e. The predicted molar refractivity (Wildman–Crippen MR) is 85.1 cm³/mol. The maximum atomic E-state index is 12.3. The van der Waals surface area contributed by atoms with Crippen LogP contribution in [0, 0.1) is 22.7 Å². The van der Waals surface area contributed by atoms with Crippen molar-refractivity contribution < 1.29 is 9.59 Å². The first kappa shape index (κ1) is 15.6. The summed E-state index contributed by atoms with van der Waals surface area (Å²) < 4.78 is 0.578. The van der Waals surface area contributed by atoms with Crippen LogP contribution in [-0.4, -0.2) is 32.6 Å². The lowest BCUT2D eigenvalue weighted by atomic mass is 10.3. The molecule has 1 fully saturated rings. The maximum absolute atomic E-state index is 12.3. The highest BCUT2D eigenvalue weighted by atomic mass is 32.2. The van der Waals surface area contributed by atoms with Crippen LogP contribution < -0.4 is 0 Å². The quantitative estimate of drug-likeness (QED) is 0.580. The van der Waals surface area contributed by atoms with Crippen molar-refractivity contribution in [2.24, 2.45) is 0 Å². The molecule has 1 saturated heterocycles. The summed E-state index contributed by atoms with van der Waals surface area (Å²) in [5, 5.41) is 18.5. The zero-order valence-electron chi connectivity index (χ0n) is 11.3. The van der Waals surface area contributed by atoms with E-state index in [1.54, 1.807) is 0 Å². The Morgan fingerprint density at radius 2 is 1.65 bits per heavy atom. The second kappa shape index (κ2) is 6.08. The van der Waals surface area contributed by atoms with Gasteiger partial charge in [-0.1, -0.05) is 29.6 Å². The van der Waals surface area contributed by atoms with E-state index in [0.29, 0.717) is 19.2 Å². The van der Waals surface area contributed by atoms with Crippen molar-refractivity contribution in [2.75, 3.05) is 6.54 Å². The summed E-state index contributed by atoms with van der Waals surface area (Å²) in [6.07, 6.45) is 1.48. The van der Waals surface area contributed by atoms with E-state index in [4.69, 9.17) is 10.5 Å². The number of fused-ring (bicyclic) bond motifs is 1. The van der Waals surface area contributed by atoms with Crippen LogP contribution in [0.25, 0.3) is 0 Å². The molecule has 0 saturated carbocycles. The molecule has 0 aliphatic carbocycles. The van der Waals surface area contributed by atoms with Gasteiger partial charge in [-0.2, -0.15) is 10.5 Å². The van der Waals surface area contributed by atoms with Crippen LogP contribution in [0.5, 0.6) is 0 Å². The van der Waals surface area contributed by atoms with Gasteiger partial charge in [0.2, 0.25) is 0 Å². The normalized spacial score (nSPS) is 16.3. The first-order chi connectivity index (χ1) is 11.1. The van der Waals surface area contributed by atoms with Gasteiger partial charge in [0.15, 0.2) is 11.4 Å². The average Bonchev–Trinajstić information content (AvgIpc) is 3.08. The Balaban J connectivity index is 1.98. The van der Waals surface area contributed by atoms with Crippen molar-refractivity contribution >= 4 is 46.4 Å². The van der Waals surface area contributed by atoms with Crippen molar-refractivity contribution in [2.45, 2.75) is 10.1 Å². The molecule has 2 amide bonds. The molecule has 3 heterocycles. The topological polar surface area (TPSA) is 111 Å². The van der Waals surface area contributed by atoms with E-state index >= 15 is 0 Å². The average molecular weight is 359 g/mol. The van der Waals surface area contributed by atoms with Crippen molar-refractivity contribution in [1.29, 1.82) is 10.5 Å². The Kier molecular flexibility index (Phi) is 4.13. The zero-order valence-corrected chi connectivity index (χ0v) is 13.7. The Bertz CT molecular complexity index is 836. The standard InChI is InChI=1S/C13H5N5O2S3/c1-2-3-18-11(19)8(21-13(18)20)12-22-9-10(23-12)17-7(5-15)6(4-14)16-9/h2H,1,3H2. The van der Waals surface area contributed by atoms with Gasteiger partial charge < -0.3 is 0 Å². The van der Waals surface area contributed by atoms with Gasteiger partial charge in [0.05, 0.1) is 4.24 Å². The number of hydrogen-bond acceptors (Lipinski definition) is 9. The van der Waals surface area contributed by atoms with E-state index in [1.807, 2.05) is 12.1 Å². The van der Waals surface area contributed by atoms with Crippen LogP contribution in [0.2, 0.25) is 0 Å². The van der Waals surface area contributed by atoms with Crippen LogP contribution in [0.1, 0.15) is 11.4 Å². The summed E-state index contributed by atoms with van der Waals surface area (Å²) in [5.41, 5.74) is -0.110. The molecule has 1 aromatic rings. The predicted octanol–water partition coefficient (Wildman–Crippen LogP) is 2.47. The van der Waals surface area contributed by atoms with Crippen molar-refractivity contribution in [3.8, 4) is 12.1 Å². The van der Waals surface area contributed by atoms with Crippen LogP contribution >= 0.6 is 35.3 Å². The molecule has 0 spiro atoms. The number of nitriles is 2. The summed E-state index contributed by atoms with van der Waals surface area (Å²) in [5.74, 6) is -0.385. The molecule has 0 unspecified atom stereocenters. The molecule has 0 N–H and O–H groups in total. The molecule has 23 heavy (non-hydrogen) atoms. The fourth-order valence-electron chi connectivity index (χ4n) is 1.79. The van der Waals surface area contributed by atoms with Crippen molar-refractivity contribution in [1.82, 2.24) is 14.9 Å². The first-order valence-electron chi connectivity index (χ1n) is 6.05. The van der Waals surface area contributed by atoms with Gasteiger partial charge in [0.1, 0.15) is 27.1 Å². The molecule has 1 aromatic heterocycles. The molecular formula is C13H5N5O2S3. The molecule has 0 atom stereocenters. The minimum Gasteiger partial charge on any atom is -0.268 e. The van der Waals surface area contributed by atoms with Crippen molar-refractivity contribution in [3.63, 3.8) is 0 Å². The second-order valence-corrected chi connectivity index (χ2v) is 7.37. The molecule has 0 radical (unpaired) electrons. The van der Waals surface area contributed by atoms with E-state index in [-0.39, 0.29) is 29.1 Å². The Labute approximate surface area is 143 Å². The highest BCUT2D eigenvalue weighted by Gasteiger charge is 2.39. The molecular weight excluding hydrogens is 354 g/mol. The lowest BCUT2D eigenvalue weighted by Gasteiger charge is -2.08. The van der Waals surface area contributed by atoms with Gasteiger partial charge in [-0.3, -0.25) is 14.5 Å². The maximum Gasteiger partial charge on any atom is 0.293 e. The van der Waals surface area contributed by atoms with Crippen molar-refractivity contribution in [3.05, 3.63) is 33.2 Å². The molecule has 2 aliphatic heterocycles. The summed E-state index contributed by atoms with van der Waals surface area (Å²) >= 11 is 3.19. The van der Waals surface area contributed by atoms with Crippen LogP contribution in [0.15, 0.2) is 31.8 Å². The van der Waals surface area contributed by atoms with E-state index in [1.165, 1.54) is 29.6 Å². The number of thioether (sulfide) groups is 3. The van der Waals surface area contributed by atoms with E-state index < -0.39 is 0 Å². The van der Waals surface area contributed by atoms with Crippen LogP contribution in [-0.2, 0) is 4.79 Å². The number of nitrogens with zero attached hydrogens (tertiary/aromatic N) is 5. The van der Waals surface area contributed by atoms with E-state index in [2.05, 4.69) is 16.5 Å². The van der Waals surface area contributed by atoms with Gasteiger partial charge >= 0.3 is 0 Å². The monoisotopic (exact) mass is 359 g/mol. The highest BCUT2D eigenvalue weighted by molar-refractivity contribution is 8.27. The lowest BCUT2D eigenvalue weighted by Crippen LogP contribution is -2.28. The Morgan fingerprint density at radius 1 is 1.09 bits per heavy atom. The van der Waals surface area contributed by atoms with E-state index in [9.17, 15) is 9.59 Å². The summed E-state index contributed by atoms with van der Waals surface area (Å²) in [6.45, 7) is 3.67. The third-order valence-electron chi connectivity index (χ3n) is 2.77. The van der Waals surface area contributed by atoms with Gasteiger partial charge in [0, 0.05) is 6.54 Å². The number of amides is 2. The summed E-state index contributed by atoms with van der Waals surface area (Å²) in [6, 6.07) is 3.64. The lowest BCUT2D eigenvalue weighted by molar-refractivity contribution is -0.122. The Hall–Kier alpha value is -2.27. The molecule has 3 rings (SSSR count). The number of rotatable bonds is 2. The fourth-order valence-corrected chi connectivity index (χ4v) is 5.15. The highest BCUT2D eigenvalue weighted by Crippen LogP contribution is 2.53. The first-order valence-corrected chi connectivity index (χ1v) is 8.50. The number of aromatic nitrogens is 2. The molecule has 0 bridgehead atoms. The second-order valence-electron chi connectivity index (χ2n) is 4.15. The van der Waals surface area contributed by atoms with Gasteiger partial charge in [-0.15, -0.1) is 6.58 Å². The third-order valence-corrected chi connectivity index (χ3v) is 6.37. The number of hydrogen-bond donors (Lipinski definition) is 0. The molecule has 10 heteroatoms. The Morgan fingerprint density at radius 3 is 2.13 bits per heavy atom. The number of imide groups is 1. The zero-order chi connectivity index (χ0) is 16.6. The number of carbonyl (C=O) groups is 2. The third kappa shape index (κ3) is 2.61. The number of carbonyl (C=O) groups excluding carboxylic acids is 2. The van der Waals surface area contributed by atoms with Crippen LogP contribution in [0.3, 0.4) is 0 Å². The summed E-state index contributed by atoms with van der Waals surface area (Å²) in [7, 11) is 0. The fraction of sp³-hybridized carbons (Fsp3) is 0.0769. The van der Waals surface area contributed by atoms with E-state index in [0.717, 1.165) is 16.7 Å². The van der Waals surface area contributed by atoms with Crippen LogP contribution in [0.4, 0.5) is 4.79 Å². The molecule has 7 nitrogen and oxygen atoms in total. The largest absolute Gasteiger partial charge is 0.293 e. The molecule has 0 aromatic carbocycles. The van der Waals surface area contributed by atoms with Gasteiger partial charge in [-0.25, -0.2) is 9.97 Å².